The lowest BCUT2D eigenvalue weighted by molar-refractivity contribution is -0.120. The first-order valence-corrected chi connectivity index (χ1v) is 11.4. The molecule has 0 fully saturated rings. The number of amides is 2. The van der Waals surface area contributed by atoms with Crippen molar-refractivity contribution >= 4 is 28.8 Å². The van der Waals surface area contributed by atoms with Crippen LogP contribution in [0.5, 0.6) is 11.5 Å². The van der Waals surface area contributed by atoms with Gasteiger partial charge in [-0.2, -0.15) is 0 Å². The summed E-state index contributed by atoms with van der Waals surface area (Å²) in [4.78, 5) is 28.5. The maximum absolute atomic E-state index is 13.6. The third-order valence-corrected chi connectivity index (χ3v) is 5.70. The molecule has 0 atom stereocenters. The molecule has 0 aliphatic carbocycles. The zero-order valence-corrected chi connectivity index (χ0v) is 19.8. The summed E-state index contributed by atoms with van der Waals surface area (Å²) in [6, 6.07) is 20.1. The van der Waals surface area contributed by atoms with Crippen molar-refractivity contribution in [2.45, 2.75) is 27.7 Å². The minimum absolute atomic E-state index is 0.223. The van der Waals surface area contributed by atoms with E-state index in [1.54, 1.807) is 30.3 Å². The van der Waals surface area contributed by atoms with E-state index in [4.69, 9.17) is 9.47 Å². The lowest BCUT2D eigenvalue weighted by Crippen LogP contribution is -2.32. The molecule has 6 nitrogen and oxygen atoms in total. The third kappa shape index (κ3) is 4.53. The van der Waals surface area contributed by atoms with Crippen molar-refractivity contribution in [3.05, 3.63) is 89.1 Å². The van der Waals surface area contributed by atoms with Gasteiger partial charge in [0, 0.05) is 11.8 Å². The normalized spacial score (nSPS) is 13.5. The Morgan fingerprint density at radius 3 is 2.15 bits per heavy atom. The molecule has 3 aromatic carbocycles. The van der Waals surface area contributed by atoms with Crippen molar-refractivity contribution in [2.75, 3.05) is 23.4 Å². The number of benzene rings is 3. The van der Waals surface area contributed by atoms with Gasteiger partial charge in [0.15, 0.2) is 0 Å². The van der Waals surface area contributed by atoms with E-state index in [1.807, 2.05) is 64.1 Å². The van der Waals surface area contributed by atoms with E-state index in [2.05, 4.69) is 5.32 Å². The van der Waals surface area contributed by atoms with E-state index in [9.17, 15) is 9.59 Å². The number of nitrogens with one attached hydrogen (secondary N) is 1. The molecule has 0 bridgehead atoms. The molecule has 1 aliphatic rings. The number of aryl methyl sites for hydroxylation is 2. The number of ether oxygens (including phenoxy) is 2. The van der Waals surface area contributed by atoms with Crippen LogP contribution in [-0.4, -0.2) is 25.0 Å². The monoisotopic (exact) mass is 456 g/mol. The van der Waals surface area contributed by atoms with Crippen LogP contribution < -0.4 is 19.7 Å². The Labute approximate surface area is 199 Å². The van der Waals surface area contributed by atoms with Crippen molar-refractivity contribution in [2.24, 2.45) is 0 Å². The Morgan fingerprint density at radius 2 is 1.47 bits per heavy atom. The maximum Gasteiger partial charge on any atom is 0.282 e. The molecular formula is C28H28N2O4. The van der Waals surface area contributed by atoms with Crippen molar-refractivity contribution in [1.29, 1.82) is 0 Å². The molecule has 0 saturated heterocycles. The maximum atomic E-state index is 13.6. The Morgan fingerprint density at radius 1 is 0.765 bits per heavy atom. The van der Waals surface area contributed by atoms with Crippen LogP contribution in [-0.2, 0) is 9.59 Å². The van der Waals surface area contributed by atoms with Gasteiger partial charge in [-0.05, 0) is 80.8 Å². The van der Waals surface area contributed by atoms with Gasteiger partial charge in [-0.3, -0.25) is 9.59 Å². The predicted molar refractivity (Wildman–Crippen MR) is 134 cm³/mol. The molecule has 1 aliphatic heterocycles. The zero-order chi connectivity index (χ0) is 24.2. The fraction of sp³-hybridized carbons (Fsp3) is 0.214. The van der Waals surface area contributed by atoms with E-state index >= 15 is 0 Å². The van der Waals surface area contributed by atoms with Gasteiger partial charge >= 0.3 is 0 Å². The highest BCUT2D eigenvalue weighted by molar-refractivity contribution is 6.46. The molecule has 34 heavy (non-hydrogen) atoms. The Hall–Kier alpha value is -4.06. The summed E-state index contributed by atoms with van der Waals surface area (Å²) in [5.74, 6) is 0.604. The summed E-state index contributed by atoms with van der Waals surface area (Å²) < 4.78 is 11.1. The zero-order valence-electron chi connectivity index (χ0n) is 19.8. The molecule has 6 heteroatoms. The quantitative estimate of drug-likeness (QED) is 0.454. The first-order valence-electron chi connectivity index (χ1n) is 11.4. The largest absolute Gasteiger partial charge is 0.494 e. The van der Waals surface area contributed by atoms with E-state index in [-0.39, 0.29) is 11.6 Å². The van der Waals surface area contributed by atoms with E-state index in [0.29, 0.717) is 47.2 Å². The highest BCUT2D eigenvalue weighted by Crippen LogP contribution is 2.35. The summed E-state index contributed by atoms with van der Waals surface area (Å²) in [6.07, 6.45) is 0. The Balaban J connectivity index is 1.78. The fourth-order valence-electron chi connectivity index (χ4n) is 3.87. The summed E-state index contributed by atoms with van der Waals surface area (Å²) >= 11 is 0. The molecule has 0 spiro atoms. The number of hydrogen-bond donors (Lipinski definition) is 1. The summed E-state index contributed by atoms with van der Waals surface area (Å²) in [5, 5.41) is 3.19. The molecule has 1 heterocycles. The van der Waals surface area contributed by atoms with E-state index in [1.165, 1.54) is 4.90 Å². The highest BCUT2D eigenvalue weighted by atomic mass is 16.5. The summed E-state index contributed by atoms with van der Waals surface area (Å²) in [6.45, 7) is 8.85. The second-order valence-corrected chi connectivity index (χ2v) is 8.01. The standard InChI is InChI=1S/C28H28N2O4/c1-5-33-23-14-11-20(12-15-23)25-26(29-21-8-7-9-24(17-21)34-6-2)28(32)30(27(25)31)22-13-10-18(3)19(4)16-22/h7-17,29H,5-6H2,1-4H3. The molecule has 0 saturated carbocycles. The van der Waals surface area contributed by atoms with Crippen LogP contribution in [0.3, 0.4) is 0 Å². The topological polar surface area (TPSA) is 67.9 Å². The minimum Gasteiger partial charge on any atom is -0.494 e. The number of carbonyl (C=O) groups excluding carboxylic acids is 2. The second-order valence-electron chi connectivity index (χ2n) is 8.01. The third-order valence-electron chi connectivity index (χ3n) is 5.70. The van der Waals surface area contributed by atoms with Crippen LogP contribution in [0.25, 0.3) is 5.57 Å². The Bertz CT molecular complexity index is 1260. The van der Waals surface area contributed by atoms with Gasteiger partial charge in [-0.15, -0.1) is 0 Å². The molecule has 0 unspecified atom stereocenters. The fourth-order valence-corrected chi connectivity index (χ4v) is 3.87. The van der Waals surface area contributed by atoms with E-state index in [0.717, 1.165) is 11.1 Å². The average Bonchev–Trinajstić information content (AvgIpc) is 3.06. The predicted octanol–water partition coefficient (Wildman–Crippen LogP) is 5.50. The number of nitrogens with zero attached hydrogens (tertiary/aromatic N) is 1. The van der Waals surface area contributed by atoms with Crippen molar-refractivity contribution in [1.82, 2.24) is 0 Å². The lowest BCUT2D eigenvalue weighted by Gasteiger charge is -2.17. The van der Waals surface area contributed by atoms with Crippen LogP contribution in [0.4, 0.5) is 11.4 Å². The number of anilines is 2. The molecule has 4 rings (SSSR count). The van der Waals surface area contributed by atoms with Crippen LogP contribution in [0.15, 0.2) is 72.4 Å². The van der Waals surface area contributed by atoms with Crippen LogP contribution in [0, 0.1) is 13.8 Å². The summed E-state index contributed by atoms with van der Waals surface area (Å²) in [7, 11) is 0. The lowest BCUT2D eigenvalue weighted by atomic mass is 10.0. The molecule has 0 radical (unpaired) electrons. The summed E-state index contributed by atoms with van der Waals surface area (Å²) in [5.41, 5.74) is 4.47. The van der Waals surface area contributed by atoms with Crippen LogP contribution >= 0.6 is 0 Å². The first kappa shape index (κ1) is 23.1. The van der Waals surface area contributed by atoms with Crippen molar-refractivity contribution < 1.29 is 19.1 Å². The molecule has 2 amide bonds. The highest BCUT2D eigenvalue weighted by Gasteiger charge is 2.40. The van der Waals surface area contributed by atoms with Crippen molar-refractivity contribution in [3.63, 3.8) is 0 Å². The van der Waals surface area contributed by atoms with Crippen molar-refractivity contribution in [3.8, 4) is 11.5 Å². The van der Waals surface area contributed by atoms with Crippen LogP contribution in [0.1, 0.15) is 30.5 Å². The number of rotatable bonds is 8. The second kappa shape index (κ2) is 9.83. The molecule has 0 aromatic heterocycles. The molecule has 1 N–H and O–H groups in total. The molecule has 174 valence electrons. The van der Waals surface area contributed by atoms with Gasteiger partial charge in [0.25, 0.3) is 11.8 Å². The molecular weight excluding hydrogens is 428 g/mol. The number of imide groups is 1. The van der Waals surface area contributed by atoms with Gasteiger partial charge < -0.3 is 14.8 Å². The SMILES string of the molecule is CCOc1ccc(C2=C(Nc3cccc(OCC)c3)C(=O)N(c3ccc(C)c(C)c3)C2=O)cc1. The minimum atomic E-state index is -0.404. The van der Waals surface area contributed by atoms with Crippen LogP contribution in [0.2, 0.25) is 0 Å². The van der Waals surface area contributed by atoms with Gasteiger partial charge in [0.1, 0.15) is 17.2 Å². The van der Waals surface area contributed by atoms with Gasteiger partial charge in [-0.1, -0.05) is 24.3 Å². The number of hydrogen-bond acceptors (Lipinski definition) is 5. The molecule has 3 aromatic rings. The Kier molecular flexibility index (Phi) is 6.68. The van der Waals surface area contributed by atoms with Gasteiger partial charge in [-0.25, -0.2) is 4.90 Å². The number of carbonyl (C=O) groups is 2. The van der Waals surface area contributed by atoms with Gasteiger partial charge in [0.2, 0.25) is 0 Å². The average molecular weight is 457 g/mol. The van der Waals surface area contributed by atoms with E-state index < -0.39 is 5.91 Å². The first-order chi connectivity index (χ1) is 16.4. The van der Waals surface area contributed by atoms with Gasteiger partial charge in [0.05, 0.1) is 24.5 Å². The smallest absolute Gasteiger partial charge is 0.282 e.